The summed E-state index contributed by atoms with van der Waals surface area (Å²) in [5.74, 6) is -0.570. The van der Waals surface area contributed by atoms with Crippen LogP contribution < -0.4 is 5.32 Å². The average Bonchev–Trinajstić information content (AvgIpc) is 3.11. The lowest BCUT2D eigenvalue weighted by Crippen LogP contribution is -2.47. The molecule has 1 atom stereocenters. The first-order valence-corrected chi connectivity index (χ1v) is 10.1. The van der Waals surface area contributed by atoms with Crippen molar-refractivity contribution < 1.29 is 14.0 Å². The maximum absolute atomic E-state index is 13.7. The Kier molecular flexibility index (Phi) is 6.28. The second-order valence-corrected chi connectivity index (χ2v) is 8.46. The number of benzene rings is 1. The highest BCUT2D eigenvalue weighted by atomic mass is 32.1. The first-order chi connectivity index (χ1) is 13.3. The first kappa shape index (κ1) is 20.3. The van der Waals surface area contributed by atoms with Crippen molar-refractivity contribution >= 4 is 28.4 Å². The van der Waals surface area contributed by atoms with Crippen LogP contribution in [0.25, 0.3) is 0 Å². The number of amides is 3. The minimum atomic E-state index is -0.240. The van der Waals surface area contributed by atoms with Gasteiger partial charge < -0.3 is 15.1 Å². The number of urea groups is 1. The van der Waals surface area contributed by atoms with Gasteiger partial charge in [0.1, 0.15) is 5.82 Å². The zero-order valence-corrected chi connectivity index (χ0v) is 17.2. The van der Waals surface area contributed by atoms with Crippen LogP contribution in [0.4, 0.5) is 14.3 Å². The zero-order chi connectivity index (χ0) is 20.3. The molecular weight excluding hydrogens is 379 g/mol. The van der Waals surface area contributed by atoms with E-state index in [1.54, 1.807) is 38.2 Å². The fourth-order valence-electron chi connectivity index (χ4n) is 3.25. The summed E-state index contributed by atoms with van der Waals surface area (Å²) in [5.41, 5.74) is 1.49. The molecule has 8 heteroatoms. The van der Waals surface area contributed by atoms with E-state index in [-0.39, 0.29) is 23.7 Å². The summed E-state index contributed by atoms with van der Waals surface area (Å²) in [4.78, 5) is 33.2. The number of thiazole rings is 1. The number of carbonyl (C=O) groups is 2. The summed E-state index contributed by atoms with van der Waals surface area (Å²) in [6, 6.07) is 5.12. The molecule has 0 bridgehead atoms. The minimum absolute atomic E-state index is 0.0700. The van der Waals surface area contributed by atoms with E-state index in [4.69, 9.17) is 0 Å². The fourth-order valence-corrected chi connectivity index (χ4v) is 4.10. The molecule has 0 aliphatic carbocycles. The normalized spacial score (nSPS) is 16.7. The van der Waals surface area contributed by atoms with Crippen LogP contribution in [0.1, 0.15) is 28.8 Å². The van der Waals surface area contributed by atoms with Gasteiger partial charge in [-0.3, -0.25) is 4.79 Å². The van der Waals surface area contributed by atoms with Crippen LogP contribution >= 0.6 is 11.3 Å². The molecule has 1 aromatic heterocycles. The first-order valence-electron chi connectivity index (χ1n) is 9.30. The van der Waals surface area contributed by atoms with E-state index >= 15 is 0 Å². The molecule has 1 aromatic carbocycles. The van der Waals surface area contributed by atoms with Gasteiger partial charge in [0.25, 0.3) is 0 Å². The van der Waals surface area contributed by atoms with Crippen LogP contribution in [0, 0.1) is 18.7 Å². The van der Waals surface area contributed by atoms with Gasteiger partial charge in [-0.25, -0.2) is 14.2 Å². The van der Waals surface area contributed by atoms with Crippen molar-refractivity contribution in [2.24, 2.45) is 5.92 Å². The lowest BCUT2D eigenvalue weighted by atomic mass is 9.97. The number of anilines is 1. The molecule has 0 saturated carbocycles. The van der Waals surface area contributed by atoms with Crippen LogP contribution in [0.3, 0.4) is 0 Å². The average molecular weight is 405 g/mol. The maximum atomic E-state index is 13.7. The third-order valence-electron chi connectivity index (χ3n) is 4.84. The minimum Gasteiger partial charge on any atom is -0.331 e. The summed E-state index contributed by atoms with van der Waals surface area (Å²) >= 11 is 1.39. The number of likely N-dealkylation sites (tertiary alicyclic amines) is 1. The molecule has 3 amide bonds. The third-order valence-corrected chi connectivity index (χ3v) is 5.76. The van der Waals surface area contributed by atoms with Gasteiger partial charge in [-0.05, 0) is 37.0 Å². The molecule has 1 N–H and O–H groups in total. The molecule has 28 heavy (non-hydrogen) atoms. The standard InChI is InChI=1S/C20H25FN4O2S/c1-13-6-7-14(10-17(13)21)9-16-11-22-19(28-16)23-18(26)15-5-4-8-25(12-15)20(27)24(2)3/h6-7,10-11,15H,4-5,8-9,12H2,1-3H3,(H,22,23,26)/t15-/m1/s1. The van der Waals surface area contributed by atoms with E-state index in [0.29, 0.717) is 30.2 Å². The van der Waals surface area contributed by atoms with Crippen LogP contribution in [-0.2, 0) is 11.2 Å². The summed E-state index contributed by atoms with van der Waals surface area (Å²) < 4.78 is 13.7. The van der Waals surface area contributed by atoms with Crippen LogP contribution in [-0.4, -0.2) is 53.9 Å². The second-order valence-electron chi connectivity index (χ2n) is 7.34. The van der Waals surface area contributed by atoms with E-state index in [2.05, 4.69) is 10.3 Å². The van der Waals surface area contributed by atoms with Crippen molar-refractivity contribution in [3.05, 3.63) is 46.2 Å². The molecule has 0 radical (unpaired) electrons. The molecule has 0 unspecified atom stereocenters. The van der Waals surface area contributed by atoms with Crippen LogP contribution in [0.5, 0.6) is 0 Å². The van der Waals surface area contributed by atoms with E-state index in [9.17, 15) is 14.0 Å². The van der Waals surface area contributed by atoms with Gasteiger partial charge in [0.05, 0.1) is 5.92 Å². The van der Waals surface area contributed by atoms with Crippen molar-refractivity contribution in [2.45, 2.75) is 26.2 Å². The topological polar surface area (TPSA) is 65.5 Å². The Bertz CT molecular complexity index is 868. The van der Waals surface area contributed by atoms with Crippen molar-refractivity contribution in [1.82, 2.24) is 14.8 Å². The van der Waals surface area contributed by atoms with Crippen molar-refractivity contribution in [2.75, 3.05) is 32.5 Å². The zero-order valence-electron chi connectivity index (χ0n) is 16.4. The molecule has 1 saturated heterocycles. The number of aryl methyl sites for hydroxylation is 1. The van der Waals surface area contributed by atoms with Gasteiger partial charge in [0.15, 0.2) is 5.13 Å². The highest BCUT2D eigenvalue weighted by molar-refractivity contribution is 7.15. The van der Waals surface area contributed by atoms with Crippen molar-refractivity contribution in [1.29, 1.82) is 0 Å². The Morgan fingerprint density at radius 1 is 1.39 bits per heavy atom. The Labute approximate surface area is 168 Å². The number of hydrogen-bond acceptors (Lipinski definition) is 4. The lowest BCUT2D eigenvalue weighted by molar-refractivity contribution is -0.121. The fraction of sp³-hybridized carbons (Fsp3) is 0.450. The number of aromatic nitrogens is 1. The Morgan fingerprint density at radius 3 is 2.89 bits per heavy atom. The predicted octanol–water partition coefficient (Wildman–Crippen LogP) is 3.51. The van der Waals surface area contributed by atoms with Gasteiger partial charge in [0, 0.05) is 44.7 Å². The Morgan fingerprint density at radius 2 is 2.18 bits per heavy atom. The number of piperidine rings is 1. The monoisotopic (exact) mass is 404 g/mol. The SMILES string of the molecule is Cc1ccc(Cc2cnc(NC(=O)[C@@H]3CCCN(C(=O)N(C)C)C3)s2)cc1F. The number of halogens is 1. The molecule has 6 nitrogen and oxygen atoms in total. The molecule has 0 spiro atoms. The number of rotatable bonds is 4. The Hall–Kier alpha value is -2.48. The van der Waals surface area contributed by atoms with E-state index in [1.807, 2.05) is 6.07 Å². The van der Waals surface area contributed by atoms with E-state index in [1.165, 1.54) is 22.3 Å². The molecule has 3 rings (SSSR count). The number of nitrogens with zero attached hydrogens (tertiary/aromatic N) is 3. The van der Waals surface area contributed by atoms with Gasteiger partial charge in [-0.1, -0.05) is 12.1 Å². The number of carbonyl (C=O) groups excluding carboxylic acids is 2. The summed E-state index contributed by atoms with van der Waals surface area (Å²) in [7, 11) is 3.42. The molecule has 1 fully saturated rings. The highest BCUT2D eigenvalue weighted by Crippen LogP contribution is 2.24. The van der Waals surface area contributed by atoms with Gasteiger partial charge >= 0.3 is 6.03 Å². The molecule has 1 aliphatic rings. The summed E-state index contributed by atoms with van der Waals surface area (Å²) in [5, 5.41) is 3.40. The largest absolute Gasteiger partial charge is 0.331 e. The van der Waals surface area contributed by atoms with Crippen molar-refractivity contribution in [3.8, 4) is 0 Å². The Balaban J connectivity index is 1.59. The summed E-state index contributed by atoms with van der Waals surface area (Å²) in [6.07, 6.45) is 3.84. The smallest absolute Gasteiger partial charge is 0.319 e. The van der Waals surface area contributed by atoms with Crippen molar-refractivity contribution in [3.63, 3.8) is 0 Å². The second kappa shape index (κ2) is 8.68. The number of hydrogen-bond donors (Lipinski definition) is 1. The van der Waals surface area contributed by atoms with Crippen LogP contribution in [0.15, 0.2) is 24.4 Å². The lowest BCUT2D eigenvalue weighted by Gasteiger charge is -2.33. The van der Waals surface area contributed by atoms with E-state index < -0.39 is 0 Å². The molecular formula is C20H25FN4O2S. The van der Waals surface area contributed by atoms with Gasteiger partial charge in [-0.15, -0.1) is 11.3 Å². The van der Waals surface area contributed by atoms with E-state index in [0.717, 1.165) is 23.3 Å². The predicted molar refractivity (Wildman–Crippen MR) is 108 cm³/mol. The maximum Gasteiger partial charge on any atom is 0.319 e. The third kappa shape index (κ3) is 4.86. The highest BCUT2D eigenvalue weighted by Gasteiger charge is 2.29. The van der Waals surface area contributed by atoms with Gasteiger partial charge in [-0.2, -0.15) is 0 Å². The van der Waals surface area contributed by atoms with Gasteiger partial charge in [0.2, 0.25) is 5.91 Å². The molecule has 2 heterocycles. The molecule has 1 aliphatic heterocycles. The quantitative estimate of drug-likeness (QED) is 0.848. The molecule has 2 aromatic rings. The molecule has 150 valence electrons. The van der Waals surface area contributed by atoms with Crippen LogP contribution in [0.2, 0.25) is 0 Å². The summed E-state index contributed by atoms with van der Waals surface area (Å²) in [6.45, 7) is 2.83. The number of nitrogens with one attached hydrogen (secondary N) is 1.